The van der Waals surface area contributed by atoms with Crippen LogP contribution in [-0.2, 0) is 40.0 Å². The van der Waals surface area contributed by atoms with Crippen molar-refractivity contribution in [3.63, 3.8) is 0 Å². The smallest absolute Gasteiger partial charge is 0.245 e. The van der Waals surface area contributed by atoms with Crippen LogP contribution in [0.4, 0.5) is 0 Å². The molecule has 1 fully saturated rings. The number of aliphatic hydroxyl groups excluding tert-OH is 1. The number of aliphatic hydroxyl groups is 1. The molecule has 400 valence electrons. The van der Waals surface area contributed by atoms with Crippen LogP contribution in [-0.4, -0.2) is 163 Å². The number of guanidine groups is 2. The second kappa shape index (κ2) is 33.4. The summed E-state index contributed by atoms with van der Waals surface area (Å²) in [5, 5.41) is 45.8. The van der Waals surface area contributed by atoms with Crippen LogP contribution in [0.1, 0.15) is 112 Å². The zero-order valence-corrected chi connectivity index (χ0v) is 42.9. The molecule has 23 heteroatoms. The quantitative estimate of drug-likeness (QED) is 0.0234. The summed E-state index contributed by atoms with van der Waals surface area (Å²) in [6.45, 7) is 16.0. The maximum atomic E-state index is 14.5. The molecular weight excluding hydrogens is 917 g/mol. The lowest BCUT2D eigenvalue weighted by atomic mass is 10.00. The number of hydrogen-bond acceptors (Lipinski definition) is 12. The summed E-state index contributed by atoms with van der Waals surface area (Å²) in [5.74, 6) is -3.52. The van der Waals surface area contributed by atoms with Crippen molar-refractivity contribution in [2.24, 2.45) is 27.4 Å². The lowest BCUT2D eigenvalue weighted by Gasteiger charge is -2.31. The van der Waals surface area contributed by atoms with Crippen LogP contribution in [0.15, 0.2) is 34.3 Å². The molecule has 23 nitrogen and oxygen atoms in total. The van der Waals surface area contributed by atoms with Crippen molar-refractivity contribution < 1.29 is 43.8 Å². The Bertz CT molecular complexity index is 1880. The molecule has 0 spiro atoms. The van der Waals surface area contributed by atoms with Crippen LogP contribution in [0.2, 0.25) is 0 Å². The predicted molar refractivity (Wildman–Crippen MR) is 273 cm³/mol. The van der Waals surface area contributed by atoms with Crippen molar-refractivity contribution >= 4 is 53.3 Å². The summed E-state index contributed by atoms with van der Waals surface area (Å²) in [6.07, 6.45) is 3.17. The third-order valence-electron chi connectivity index (χ3n) is 11.5. The molecule has 1 aromatic rings. The number of carbonyl (C=O) groups excluding carboxylic acids is 7. The van der Waals surface area contributed by atoms with E-state index in [0.717, 1.165) is 0 Å². The average Bonchev–Trinajstić information content (AvgIpc) is 3.83. The number of carbonyl (C=O) groups is 7. The van der Waals surface area contributed by atoms with Gasteiger partial charge in [-0.2, -0.15) is 0 Å². The van der Waals surface area contributed by atoms with Gasteiger partial charge >= 0.3 is 0 Å². The average molecular weight is 1000 g/mol. The molecule has 0 unspecified atom stereocenters. The van der Waals surface area contributed by atoms with Crippen molar-refractivity contribution in [1.29, 1.82) is 0 Å². The number of aromatic hydroxyl groups is 1. The number of hydrogen-bond donors (Lipinski definition) is 13. The van der Waals surface area contributed by atoms with E-state index in [1.54, 1.807) is 12.1 Å². The van der Waals surface area contributed by atoms with Gasteiger partial charge in [-0.05, 0) is 116 Å². The SMILES string of the molecule is CCNC(=NCCCC[C@H](NC(=O)[C@H](CC(C)C)NC(=O)[C@@H](CCCCN=C(NCC)NCC)NC(=O)[C@H](Cc1ccc(O)cc1)NC(=O)[C@@H](N)CO)C(=O)N1CCC[C@H]1C(=O)N[C@H](C)C(N)=O)NCC. The molecule has 1 aliphatic rings. The summed E-state index contributed by atoms with van der Waals surface area (Å²) in [5.41, 5.74) is 11.8. The Balaban J connectivity index is 2.50. The number of amides is 7. The first kappa shape index (κ1) is 60.9. The monoisotopic (exact) mass is 1000 g/mol. The number of phenolic OH excluding ortho intramolecular Hbond substituents is 1. The first-order valence-corrected chi connectivity index (χ1v) is 25.2. The number of nitrogens with two attached hydrogens (primary N) is 2. The lowest BCUT2D eigenvalue weighted by molar-refractivity contribution is -0.142. The van der Waals surface area contributed by atoms with E-state index in [1.807, 2.05) is 41.5 Å². The number of nitrogens with zero attached hydrogens (tertiary/aromatic N) is 3. The normalized spacial score (nSPS) is 15.6. The van der Waals surface area contributed by atoms with Crippen LogP contribution in [0.5, 0.6) is 5.75 Å². The molecule has 2 rings (SSSR count). The molecular formula is C48H84N14O9. The highest BCUT2D eigenvalue weighted by atomic mass is 16.3. The van der Waals surface area contributed by atoms with E-state index in [4.69, 9.17) is 11.5 Å². The molecule has 0 aromatic heterocycles. The molecule has 1 saturated heterocycles. The molecule has 1 aliphatic heterocycles. The first-order valence-electron chi connectivity index (χ1n) is 25.2. The summed E-state index contributed by atoms with van der Waals surface area (Å²) in [7, 11) is 0. The highest BCUT2D eigenvalue weighted by Gasteiger charge is 2.39. The van der Waals surface area contributed by atoms with E-state index in [0.29, 0.717) is 95.3 Å². The Kier molecular flexibility index (Phi) is 28.6. The first-order chi connectivity index (χ1) is 33.9. The lowest BCUT2D eigenvalue weighted by Crippen LogP contribution is -2.60. The highest BCUT2D eigenvalue weighted by Crippen LogP contribution is 2.21. The van der Waals surface area contributed by atoms with E-state index >= 15 is 0 Å². The molecule has 0 aliphatic carbocycles. The number of aliphatic imine (C=N–C) groups is 2. The third-order valence-corrected chi connectivity index (χ3v) is 11.5. The zero-order chi connectivity index (χ0) is 52.9. The van der Waals surface area contributed by atoms with Gasteiger partial charge in [0, 0.05) is 52.2 Å². The molecule has 1 heterocycles. The van der Waals surface area contributed by atoms with Gasteiger partial charge in [0.1, 0.15) is 48.0 Å². The predicted octanol–water partition coefficient (Wildman–Crippen LogP) is -1.29. The van der Waals surface area contributed by atoms with Gasteiger partial charge < -0.3 is 74.4 Å². The fraction of sp³-hybridized carbons (Fsp3) is 0.688. The van der Waals surface area contributed by atoms with Crippen molar-refractivity contribution in [2.45, 2.75) is 155 Å². The Hall–Kier alpha value is -6.23. The number of rotatable bonds is 31. The summed E-state index contributed by atoms with van der Waals surface area (Å²) >= 11 is 0. The van der Waals surface area contributed by atoms with Crippen LogP contribution in [0.3, 0.4) is 0 Å². The van der Waals surface area contributed by atoms with Crippen molar-refractivity contribution in [3.05, 3.63) is 29.8 Å². The molecule has 0 bridgehead atoms. The van der Waals surface area contributed by atoms with Crippen molar-refractivity contribution in [3.8, 4) is 5.75 Å². The van der Waals surface area contributed by atoms with Gasteiger partial charge in [0.15, 0.2) is 11.9 Å². The summed E-state index contributed by atoms with van der Waals surface area (Å²) in [6, 6.07) is -2.00. The maximum absolute atomic E-state index is 14.5. The molecule has 1 aromatic carbocycles. The topological polar surface area (TPSA) is 348 Å². The maximum Gasteiger partial charge on any atom is 0.245 e. The third kappa shape index (κ3) is 22.6. The van der Waals surface area contributed by atoms with Crippen LogP contribution >= 0.6 is 0 Å². The highest BCUT2D eigenvalue weighted by molar-refractivity contribution is 5.97. The second-order valence-electron chi connectivity index (χ2n) is 17.9. The number of primary amides is 1. The number of nitrogens with one attached hydrogen (secondary N) is 9. The van der Waals surface area contributed by atoms with Gasteiger partial charge in [-0.3, -0.25) is 43.5 Å². The Morgan fingerprint density at radius 2 is 1.15 bits per heavy atom. The minimum Gasteiger partial charge on any atom is -0.508 e. The molecule has 7 amide bonds. The van der Waals surface area contributed by atoms with E-state index in [9.17, 15) is 43.8 Å². The van der Waals surface area contributed by atoms with Crippen molar-refractivity contribution in [2.75, 3.05) is 52.4 Å². The minimum atomic E-state index is -1.34. The van der Waals surface area contributed by atoms with Gasteiger partial charge in [-0.15, -0.1) is 0 Å². The van der Waals surface area contributed by atoms with Crippen LogP contribution < -0.4 is 59.3 Å². The van der Waals surface area contributed by atoms with Gasteiger partial charge in [0.05, 0.1) is 6.61 Å². The molecule has 0 radical (unpaired) electrons. The number of likely N-dealkylation sites (tertiary alicyclic amines) is 1. The fourth-order valence-electron chi connectivity index (χ4n) is 7.69. The van der Waals surface area contributed by atoms with E-state index in [2.05, 4.69) is 57.8 Å². The van der Waals surface area contributed by atoms with E-state index < -0.39 is 90.3 Å². The number of unbranched alkanes of at least 4 members (excludes halogenated alkanes) is 2. The Morgan fingerprint density at radius 3 is 1.66 bits per heavy atom. The zero-order valence-electron chi connectivity index (χ0n) is 42.9. The van der Waals surface area contributed by atoms with Gasteiger partial charge in [0.2, 0.25) is 41.4 Å². The van der Waals surface area contributed by atoms with Crippen LogP contribution in [0.25, 0.3) is 0 Å². The summed E-state index contributed by atoms with van der Waals surface area (Å²) in [4.78, 5) is 106. The second-order valence-corrected chi connectivity index (χ2v) is 17.9. The summed E-state index contributed by atoms with van der Waals surface area (Å²) < 4.78 is 0. The standard InChI is InChI=1S/C48H84N14O9/c1-8-51-47(52-9-2)55-24-14-12-17-35(58-44(69)38(60-41(66)34(49)29-63)28-32-20-22-33(64)23-21-32)42(67)61-37(27-30(5)6)43(68)59-36(18-13-15-25-56-48(53-10-3)54-11-4)46(71)62-26-16-19-39(62)45(70)57-31(7)40(50)65/h20-23,30-31,34-39,63-64H,8-19,24-29,49H2,1-7H3,(H2,50,65)(H,57,70)(H,58,69)(H,59,68)(H,60,66)(H,61,67)(H2,51,52,55)(H2,53,54,56)/t31-,34+,35-,36+,37+,38+,39+/m1/s1. The Labute approximate surface area is 419 Å². The molecule has 0 saturated carbocycles. The van der Waals surface area contributed by atoms with E-state index in [1.165, 1.54) is 24.0 Å². The molecule has 15 N–H and O–H groups in total. The van der Waals surface area contributed by atoms with Gasteiger partial charge in [0.25, 0.3) is 0 Å². The Morgan fingerprint density at radius 1 is 0.676 bits per heavy atom. The number of benzene rings is 1. The van der Waals surface area contributed by atoms with Gasteiger partial charge in [-0.1, -0.05) is 26.0 Å². The van der Waals surface area contributed by atoms with Crippen molar-refractivity contribution in [1.82, 2.24) is 52.8 Å². The van der Waals surface area contributed by atoms with Gasteiger partial charge in [-0.25, -0.2) is 0 Å². The molecule has 71 heavy (non-hydrogen) atoms. The number of phenols is 1. The largest absolute Gasteiger partial charge is 0.508 e. The van der Waals surface area contributed by atoms with Crippen LogP contribution in [0, 0.1) is 5.92 Å². The van der Waals surface area contributed by atoms with E-state index in [-0.39, 0.29) is 43.9 Å². The fourth-order valence-corrected chi connectivity index (χ4v) is 7.69. The molecule has 7 atom stereocenters. The minimum absolute atomic E-state index is 0.00996.